The highest BCUT2D eigenvalue weighted by atomic mass is 35.5. The number of unbranched alkanes of at least 4 members (excludes halogenated alkanes) is 4. The lowest BCUT2D eigenvalue weighted by Gasteiger charge is -2.16. The second kappa shape index (κ2) is 11.1. The van der Waals surface area contributed by atoms with Crippen molar-refractivity contribution in [3.63, 3.8) is 0 Å². The third-order valence-electron chi connectivity index (χ3n) is 3.38. The predicted molar refractivity (Wildman–Crippen MR) is 87.8 cm³/mol. The van der Waals surface area contributed by atoms with Gasteiger partial charge in [-0.05, 0) is 30.0 Å². The van der Waals surface area contributed by atoms with E-state index in [2.05, 4.69) is 0 Å². The van der Waals surface area contributed by atoms with Crippen LogP contribution in [0.5, 0.6) is 0 Å². The summed E-state index contributed by atoms with van der Waals surface area (Å²) in [4.78, 5) is 24.0. The van der Waals surface area contributed by atoms with Crippen LogP contribution in [0.4, 0.5) is 4.79 Å². The number of hydrogen-bond donors (Lipinski definition) is 0. The zero-order chi connectivity index (χ0) is 16.2. The molecule has 0 aliphatic rings. The topological polar surface area (TPSA) is 46.6 Å². The van der Waals surface area contributed by atoms with Gasteiger partial charge >= 0.3 is 6.09 Å². The molecule has 122 valence electrons. The van der Waals surface area contributed by atoms with Crippen molar-refractivity contribution in [3.05, 3.63) is 35.9 Å². The third-order valence-corrected chi connectivity index (χ3v) is 3.57. The van der Waals surface area contributed by atoms with Gasteiger partial charge in [-0.2, -0.15) is 0 Å². The van der Waals surface area contributed by atoms with Gasteiger partial charge in [-0.3, -0.25) is 4.79 Å². The van der Waals surface area contributed by atoms with Gasteiger partial charge in [-0.1, -0.05) is 49.6 Å². The molecule has 5 heteroatoms. The summed E-state index contributed by atoms with van der Waals surface area (Å²) in [6.45, 7) is 0.985. The Morgan fingerprint density at radius 2 is 1.68 bits per heavy atom. The molecule has 0 fully saturated rings. The van der Waals surface area contributed by atoms with Gasteiger partial charge in [-0.25, -0.2) is 4.79 Å². The predicted octanol–water partition coefficient (Wildman–Crippen LogP) is 4.36. The van der Waals surface area contributed by atoms with Gasteiger partial charge in [0.2, 0.25) is 5.24 Å². The third kappa shape index (κ3) is 8.67. The van der Waals surface area contributed by atoms with Crippen LogP contribution in [-0.4, -0.2) is 29.8 Å². The van der Waals surface area contributed by atoms with E-state index in [4.69, 9.17) is 16.3 Å². The van der Waals surface area contributed by atoms with Crippen molar-refractivity contribution in [3.8, 4) is 0 Å². The molecule has 22 heavy (non-hydrogen) atoms. The van der Waals surface area contributed by atoms with Gasteiger partial charge in [0.15, 0.2) is 0 Å². The number of halogens is 1. The summed E-state index contributed by atoms with van der Waals surface area (Å²) >= 11 is 5.27. The molecule has 4 nitrogen and oxygen atoms in total. The van der Waals surface area contributed by atoms with Crippen molar-refractivity contribution in [1.82, 2.24) is 4.90 Å². The van der Waals surface area contributed by atoms with E-state index in [9.17, 15) is 9.59 Å². The molecule has 1 aromatic carbocycles. The molecule has 0 aliphatic carbocycles. The van der Waals surface area contributed by atoms with Gasteiger partial charge in [0, 0.05) is 20.0 Å². The van der Waals surface area contributed by atoms with E-state index in [1.165, 1.54) is 0 Å². The molecule has 1 amide bonds. The quantitative estimate of drug-likeness (QED) is 0.474. The molecule has 0 saturated heterocycles. The molecule has 0 aromatic heterocycles. The maximum atomic E-state index is 11.8. The summed E-state index contributed by atoms with van der Waals surface area (Å²) < 4.78 is 5.25. The van der Waals surface area contributed by atoms with E-state index in [0.717, 1.165) is 37.7 Å². The average molecular weight is 326 g/mol. The van der Waals surface area contributed by atoms with Gasteiger partial charge < -0.3 is 9.64 Å². The minimum absolute atomic E-state index is 0.263. The zero-order valence-corrected chi connectivity index (χ0v) is 13.8. The molecule has 0 unspecified atom stereocenters. The number of hydrogen-bond acceptors (Lipinski definition) is 3. The van der Waals surface area contributed by atoms with E-state index in [0.29, 0.717) is 19.6 Å². The normalized spacial score (nSPS) is 10.3. The fraction of sp³-hybridized carbons (Fsp3) is 0.529. The summed E-state index contributed by atoms with van der Waals surface area (Å²) in [5.41, 5.74) is 0.984. The van der Waals surface area contributed by atoms with Crippen LogP contribution in [0, 0.1) is 0 Å². The Balaban J connectivity index is 2.05. The molecular formula is C17H24ClNO3. The highest BCUT2D eigenvalue weighted by Gasteiger charge is 2.09. The van der Waals surface area contributed by atoms with Crippen LogP contribution in [0.15, 0.2) is 30.3 Å². The Hall–Kier alpha value is -1.55. The van der Waals surface area contributed by atoms with E-state index in [1.807, 2.05) is 30.3 Å². The summed E-state index contributed by atoms with van der Waals surface area (Å²) in [5.74, 6) is 0. The average Bonchev–Trinajstić information content (AvgIpc) is 2.52. The van der Waals surface area contributed by atoms with Gasteiger partial charge in [0.1, 0.15) is 6.61 Å². The van der Waals surface area contributed by atoms with Crippen LogP contribution in [0.1, 0.15) is 44.1 Å². The lowest BCUT2D eigenvalue weighted by atomic mass is 10.1. The van der Waals surface area contributed by atoms with Crippen LogP contribution in [0.3, 0.4) is 0 Å². The van der Waals surface area contributed by atoms with Crippen molar-refractivity contribution in [2.24, 2.45) is 0 Å². The number of rotatable bonds is 10. The lowest BCUT2D eigenvalue weighted by Crippen LogP contribution is -2.28. The van der Waals surface area contributed by atoms with E-state index < -0.39 is 0 Å². The van der Waals surface area contributed by atoms with Crippen LogP contribution in [0.2, 0.25) is 0 Å². The molecule has 0 spiro atoms. The fourth-order valence-electron chi connectivity index (χ4n) is 2.06. The minimum atomic E-state index is -0.295. The van der Waals surface area contributed by atoms with Crippen molar-refractivity contribution >= 4 is 22.9 Å². The van der Waals surface area contributed by atoms with E-state index in [-0.39, 0.29) is 11.3 Å². The maximum absolute atomic E-state index is 11.8. The summed E-state index contributed by atoms with van der Waals surface area (Å²) in [6.07, 6.45) is 5.03. The Kier molecular flexibility index (Phi) is 9.31. The van der Waals surface area contributed by atoms with Crippen molar-refractivity contribution in [2.75, 3.05) is 13.6 Å². The number of amides is 1. The van der Waals surface area contributed by atoms with Crippen LogP contribution >= 0.6 is 11.6 Å². The minimum Gasteiger partial charge on any atom is -0.445 e. The zero-order valence-electron chi connectivity index (χ0n) is 13.1. The molecule has 0 radical (unpaired) electrons. The molecule has 0 heterocycles. The Morgan fingerprint density at radius 1 is 1.05 bits per heavy atom. The molecule has 1 rings (SSSR count). The first kappa shape index (κ1) is 18.5. The van der Waals surface area contributed by atoms with Crippen molar-refractivity contribution in [1.29, 1.82) is 0 Å². The second-order valence-corrected chi connectivity index (χ2v) is 5.76. The highest BCUT2D eigenvalue weighted by molar-refractivity contribution is 6.63. The summed E-state index contributed by atoms with van der Waals surface area (Å²) in [6, 6.07) is 9.63. The smallest absolute Gasteiger partial charge is 0.409 e. The molecule has 0 aliphatic heterocycles. The second-order valence-electron chi connectivity index (χ2n) is 5.33. The Morgan fingerprint density at radius 3 is 2.36 bits per heavy atom. The van der Waals surface area contributed by atoms with Gasteiger partial charge in [0.25, 0.3) is 0 Å². The molecule has 1 aromatic rings. The van der Waals surface area contributed by atoms with E-state index in [1.54, 1.807) is 11.9 Å². The molecule has 0 atom stereocenters. The number of ether oxygens (including phenoxy) is 1. The largest absolute Gasteiger partial charge is 0.445 e. The maximum Gasteiger partial charge on any atom is 0.409 e. The summed E-state index contributed by atoms with van der Waals surface area (Å²) in [7, 11) is 1.75. The van der Waals surface area contributed by atoms with Crippen LogP contribution in [0.25, 0.3) is 0 Å². The SMILES string of the molecule is CN(CCCCCCCC(=O)Cl)C(=O)OCc1ccccc1. The Bertz CT molecular complexity index is 450. The molecule has 0 N–H and O–H groups in total. The monoisotopic (exact) mass is 325 g/mol. The van der Waals surface area contributed by atoms with Crippen LogP contribution in [-0.2, 0) is 16.1 Å². The van der Waals surface area contributed by atoms with Gasteiger partial charge in [0.05, 0.1) is 0 Å². The van der Waals surface area contributed by atoms with Crippen molar-refractivity contribution < 1.29 is 14.3 Å². The number of carbonyl (C=O) groups is 2. The number of nitrogens with zero attached hydrogens (tertiary/aromatic N) is 1. The Labute approximate surface area is 137 Å². The van der Waals surface area contributed by atoms with Crippen LogP contribution < -0.4 is 0 Å². The van der Waals surface area contributed by atoms with E-state index >= 15 is 0 Å². The first-order valence-electron chi connectivity index (χ1n) is 7.69. The standard InChI is InChI=1S/C17H24ClNO3/c1-19(13-9-4-2-3-8-12-16(18)20)17(21)22-14-15-10-6-5-7-11-15/h5-7,10-11H,2-4,8-9,12-14H2,1H3. The van der Waals surface area contributed by atoms with Gasteiger partial charge in [-0.15, -0.1) is 0 Å². The first-order valence-corrected chi connectivity index (χ1v) is 8.07. The summed E-state index contributed by atoms with van der Waals surface area (Å²) in [5, 5.41) is -0.263. The fourth-order valence-corrected chi connectivity index (χ4v) is 2.20. The molecule has 0 bridgehead atoms. The number of benzene rings is 1. The van der Waals surface area contributed by atoms with Crippen molar-refractivity contribution in [2.45, 2.75) is 45.1 Å². The number of carbonyl (C=O) groups excluding carboxylic acids is 2. The highest BCUT2D eigenvalue weighted by Crippen LogP contribution is 2.08. The lowest BCUT2D eigenvalue weighted by molar-refractivity contribution is -0.111. The molecule has 0 saturated carbocycles. The first-order chi connectivity index (χ1) is 10.6. The molecular weight excluding hydrogens is 302 g/mol.